The highest BCUT2D eigenvalue weighted by molar-refractivity contribution is 5.50. The van der Waals surface area contributed by atoms with Gasteiger partial charge in [0, 0.05) is 30.7 Å². The second-order valence-corrected chi connectivity index (χ2v) is 3.66. The van der Waals surface area contributed by atoms with E-state index in [0.717, 1.165) is 17.1 Å². The van der Waals surface area contributed by atoms with Crippen molar-refractivity contribution in [2.75, 3.05) is 41.1 Å². The number of hydrogen-bond donors (Lipinski definition) is 1. The fourth-order valence-corrected chi connectivity index (χ4v) is 1.68. The summed E-state index contributed by atoms with van der Waals surface area (Å²) in [5, 5.41) is 0. The Morgan fingerprint density at radius 1 is 0.944 bits per heavy atom. The zero-order chi connectivity index (χ0) is 13.4. The van der Waals surface area contributed by atoms with Gasteiger partial charge in [0.15, 0.2) is 0 Å². The molecule has 18 heavy (non-hydrogen) atoms. The molecular weight excluding hydrogens is 234 g/mol. The van der Waals surface area contributed by atoms with Crippen LogP contribution in [0.2, 0.25) is 0 Å². The van der Waals surface area contributed by atoms with Crippen molar-refractivity contribution in [3.8, 4) is 17.2 Å². The molecule has 0 saturated heterocycles. The van der Waals surface area contributed by atoms with E-state index in [2.05, 4.69) is 0 Å². The number of methoxy groups -OCH3 is 3. The van der Waals surface area contributed by atoms with Gasteiger partial charge in [-0.25, -0.2) is 0 Å². The molecule has 0 bridgehead atoms. The first-order chi connectivity index (χ1) is 8.76. The van der Waals surface area contributed by atoms with E-state index in [1.807, 2.05) is 12.1 Å². The molecule has 0 aliphatic heterocycles. The number of hydrogen-bond acceptors (Lipinski definition) is 5. The molecule has 2 N–H and O–H groups in total. The molecule has 0 fully saturated rings. The Bertz CT molecular complexity index is 343. The van der Waals surface area contributed by atoms with Gasteiger partial charge in [0.25, 0.3) is 0 Å². The Balaban J connectivity index is 2.85. The van der Waals surface area contributed by atoms with Gasteiger partial charge in [-0.1, -0.05) is 0 Å². The predicted octanol–water partition coefficient (Wildman–Crippen LogP) is 1.23. The van der Waals surface area contributed by atoms with E-state index in [1.165, 1.54) is 0 Å². The van der Waals surface area contributed by atoms with Gasteiger partial charge in [-0.2, -0.15) is 0 Å². The fraction of sp³-hybridized carbons (Fsp3) is 0.538. The second kappa shape index (κ2) is 7.79. The van der Waals surface area contributed by atoms with Crippen LogP contribution in [0.3, 0.4) is 0 Å². The summed E-state index contributed by atoms with van der Waals surface area (Å²) in [5.74, 6) is 2.18. The van der Waals surface area contributed by atoms with E-state index >= 15 is 0 Å². The Labute approximate surface area is 108 Å². The lowest BCUT2D eigenvalue weighted by molar-refractivity contribution is 0.143. The maximum absolute atomic E-state index is 5.37. The van der Waals surface area contributed by atoms with Crippen molar-refractivity contribution in [2.45, 2.75) is 6.42 Å². The van der Waals surface area contributed by atoms with E-state index in [-0.39, 0.29) is 0 Å². The van der Waals surface area contributed by atoms with Crippen molar-refractivity contribution in [3.05, 3.63) is 17.7 Å². The molecule has 5 heteroatoms. The van der Waals surface area contributed by atoms with Crippen LogP contribution >= 0.6 is 0 Å². The minimum absolute atomic E-state index is 0.525. The summed E-state index contributed by atoms with van der Waals surface area (Å²) in [6.07, 6.45) is 0.705. The van der Waals surface area contributed by atoms with E-state index < -0.39 is 0 Å². The summed E-state index contributed by atoms with van der Waals surface area (Å²) >= 11 is 0. The lowest BCUT2D eigenvalue weighted by Gasteiger charge is -2.15. The first-order valence-electron chi connectivity index (χ1n) is 5.83. The van der Waals surface area contributed by atoms with Crippen LogP contribution in [0.4, 0.5) is 0 Å². The summed E-state index contributed by atoms with van der Waals surface area (Å²) in [5.41, 5.74) is 6.34. The summed E-state index contributed by atoms with van der Waals surface area (Å²) < 4.78 is 21.3. The quantitative estimate of drug-likeness (QED) is 0.708. The second-order valence-electron chi connectivity index (χ2n) is 3.66. The molecule has 0 aliphatic rings. The minimum Gasteiger partial charge on any atom is -0.496 e. The average Bonchev–Trinajstić information content (AvgIpc) is 2.42. The van der Waals surface area contributed by atoms with E-state index in [9.17, 15) is 0 Å². The third-order valence-electron chi connectivity index (χ3n) is 2.58. The van der Waals surface area contributed by atoms with Gasteiger partial charge in [0.1, 0.15) is 17.2 Å². The van der Waals surface area contributed by atoms with Gasteiger partial charge in [-0.15, -0.1) is 0 Å². The number of ether oxygens (including phenoxy) is 4. The first-order valence-corrected chi connectivity index (χ1v) is 5.83. The largest absolute Gasteiger partial charge is 0.496 e. The molecule has 0 amide bonds. The molecule has 5 nitrogen and oxygen atoms in total. The van der Waals surface area contributed by atoms with Gasteiger partial charge in [-0.3, -0.25) is 0 Å². The Morgan fingerprint density at radius 3 is 2.00 bits per heavy atom. The maximum Gasteiger partial charge on any atom is 0.129 e. The molecule has 0 saturated carbocycles. The van der Waals surface area contributed by atoms with E-state index in [1.54, 1.807) is 21.3 Å². The molecule has 1 aromatic rings. The van der Waals surface area contributed by atoms with Crippen LogP contribution in [0.15, 0.2) is 12.1 Å². The topological polar surface area (TPSA) is 62.9 Å². The zero-order valence-corrected chi connectivity index (χ0v) is 11.2. The minimum atomic E-state index is 0.525. The van der Waals surface area contributed by atoms with Gasteiger partial charge >= 0.3 is 0 Å². The van der Waals surface area contributed by atoms with Crippen molar-refractivity contribution >= 4 is 0 Å². The fourth-order valence-electron chi connectivity index (χ4n) is 1.68. The van der Waals surface area contributed by atoms with Crippen LogP contribution < -0.4 is 19.9 Å². The SMILES string of the molecule is COc1cc(OC)c(CCOCCN)c(OC)c1. The Kier molecular flexibility index (Phi) is 6.32. The van der Waals surface area contributed by atoms with Crippen LogP contribution in [0, 0.1) is 0 Å². The lowest BCUT2D eigenvalue weighted by atomic mass is 10.1. The highest BCUT2D eigenvalue weighted by Gasteiger charge is 2.12. The molecule has 102 valence electrons. The Morgan fingerprint density at radius 2 is 1.56 bits per heavy atom. The van der Waals surface area contributed by atoms with Crippen LogP contribution in [0.1, 0.15) is 5.56 Å². The number of nitrogens with two attached hydrogens (primary N) is 1. The molecule has 1 rings (SSSR count). The molecule has 0 radical (unpaired) electrons. The number of rotatable bonds is 8. The molecule has 0 atom stereocenters. The van der Waals surface area contributed by atoms with Crippen LogP contribution in [-0.4, -0.2) is 41.1 Å². The van der Waals surface area contributed by atoms with Gasteiger partial charge in [0.2, 0.25) is 0 Å². The summed E-state index contributed by atoms with van der Waals surface area (Å²) in [6, 6.07) is 3.67. The molecule has 0 aliphatic carbocycles. The van der Waals surface area contributed by atoms with Crippen LogP contribution in [0.5, 0.6) is 17.2 Å². The van der Waals surface area contributed by atoms with Crippen LogP contribution in [-0.2, 0) is 11.2 Å². The first kappa shape index (κ1) is 14.6. The molecule has 0 spiro atoms. The molecule has 0 heterocycles. The lowest BCUT2D eigenvalue weighted by Crippen LogP contribution is -2.10. The number of benzene rings is 1. The van der Waals surface area contributed by atoms with Crippen molar-refractivity contribution in [3.63, 3.8) is 0 Å². The van der Waals surface area contributed by atoms with Crippen molar-refractivity contribution in [1.29, 1.82) is 0 Å². The highest BCUT2D eigenvalue weighted by Crippen LogP contribution is 2.34. The molecule has 0 aromatic heterocycles. The van der Waals surface area contributed by atoms with Gasteiger partial charge < -0.3 is 24.7 Å². The van der Waals surface area contributed by atoms with Crippen molar-refractivity contribution in [1.82, 2.24) is 0 Å². The van der Waals surface area contributed by atoms with Crippen molar-refractivity contribution < 1.29 is 18.9 Å². The normalized spacial score (nSPS) is 10.2. The van der Waals surface area contributed by atoms with Gasteiger partial charge in [0.05, 0.1) is 34.5 Å². The highest BCUT2D eigenvalue weighted by atomic mass is 16.5. The molecule has 0 unspecified atom stereocenters. The summed E-state index contributed by atoms with van der Waals surface area (Å²) in [6.45, 7) is 1.66. The van der Waals surface area contributed by atoms with Gasteiger partial charge in [-0.05, 0) is 0 Å². The average molecular weight is 255 g/mol. The zero-order valence-electron chi connectivity index (χ0n) is 11.2. The monoisotopic (exact) mass is 255 g/mol. The smallest absolute Gasteiger partial charge is 0.129 e. The Hall–Kier alpha value is -1.46. The van der Waals surface area contributed by atoms with E-state index in [4.69, 9.17) is 24.7 Å². The molecule has 1 aromatic carbocycles. The standard InChI is InChI=1S/C13H21NO4/c1-15-10-8-12(16-2)11(13(9-10)17-3)4-6-18-7-5-14/h8-9H,4-7,14H2,1-3H3. The third kappa shape index (κ3) is 3.78. The van der Waals surface area contributed by atoms with Crippen molar-refractivity contribution in [2.24, 2.45) is 5.73 Å². The summed E-state index contributed by atoms with van der Waals surface area (Å²) in [7, 11) is 4.86. The maximum atomic E-state index is 5.37. The molecular formula is C13H21NO4. The van der Waals surface area contributed by atoms with E-state index in [0.29, 0.717) is 31.9 Å². The summed E-state index contributed by atoms with van der Waals surface area (Å²) in [4.78, 5) is 0. The predicted molar refractivity (Wildman–Crippen MR) is 69.7 cm³/mol. The third-order valence-corrected chi connectivity index (χ3v) is 2.58. The van der Waals surface area contributed by atoms with Crippen LogP contribution in [0.25, 0.3) is 0 Å².